The molecule has 1 aromatic carbocycles. The number of piperidine rings is 1. The van der Waals surface area contributed by atoms with Crippen molar-refractivity contribution >= 4 is 11.9 Å². The molecule has 2 aliphatic heterocycles. The number of nitrogens with one attached hydrogen (secondary N) is 2. The molecule has 1 atom stereocenters. The van der Waals surface area contributed by atoms with Gasteiger partial charge in [0.2, 0.25) is 0 Å². The number of benzene rings is 1. The van der Waals surface area contributed by atoms with Crippen LogP contribution >= 0.6 is 0 Å². The van der Waals surface area contributed by atoms with Crippen LogP contribution in [0.3, 0.4) is 0 Å². The Kier molecular flexibility index (Phi) is 7.73. The molecule has 2 N–H and O–H groups in total. The van der Waals surface area contributed by atoms with Gasteiger partial charge in [0.1, 0.15) is 23.4 Å². The summed E-state index contributed by atoms with van der Waals surface area (Å²) in [7, 11) is 0. The first-order valence-electron chi connectivity index (χ1n) is 12.9. The topological polar surface area (TPSA) is 75.2 Å². The Morgan fingerprint density at radius 2 is 1.83 bits per heavy atom. The smallest absolute Gasteiger partial charge is 0.444 e. The molecule has 0 aromatic heterocycles. The van der Waals surface area contributed by atoms with Crippen LogP contribution in [0.15, 0.2) is 29.3 Å². The summed E-state index contributed by atoms with van der Waals surface area (Å²) in [5.41, 5.74) is -0.423. The van der Waals surface area contributed by atoms with Gasteiger partial charge < -0.3 is 19.7 Å². The van der Waals surface area contributed by atoms with Crippen LogP contribution in [0.5, 0.6) is 5.75 Å². The van der Waals surface area contributed by atoms with E-state index in [0.29, 0.717) is 37.4 Å². The van der Waals surface area contributed by atoms with Crippen LogP contribution in [0.4, 0.5) is 18.0 Å². The lowest BCUT2D eigenvalue weighted by molar-refractivity contribution is -0.274. The highest BCUT2D eigenvalue weighted by molar-refractivity contribution is 5.94. The average Bonchev–Trinajstić information content (AvgIpc) is 3.14. The maximum Gasteiger partial charge on any atom is 0.573 e. The predicted molar refractivity (Wildman–Crippen MR) is 131 cm³/mol. The van der Waals surface area contributed by atoms with Crippen LogP contribution in [0.25, 0.3) is 0 Å². The first-order chi connectivity index (χ1) is 16.9. The third kappa shape index (κ3) is 6.83. The zero-order valence-corrected chi connectivity index (χ0v) is 21.3. The van der Waals surface area contributed by atoms with Gasteiger partial charge in [-0.1, -0.05) is 31.4 Å². The van der Waals surface area contributed by atoms with E-state index in [1.165, 1.54) is 44.2 Å². The Morgan fingerprint density at radius 1 is 1.14 bits per heavy atom. The van der Waals surface area contributed by atoms with E-state index in [1.54, 1.807) is 17.0 Å². The quantitative estimate of drug-likeness (QED) is 0.558. The molecule has 3 fully saturated rings. The number of amidine groups is 1. The summed E-state index contributed by atoms with van der Waals surface area (Å²) < 4.78 is 48.0. The molecule has 1 aromatic rings. The second-order valence-corrected chi connectivity index (χ2v) is 11.1. The Hall–Kier alpha value is -2.49. The molecule has 36 heavy (non-hydrogen) atoms. The maximum absolute atomic E-state index is 12.8. The van der Waals surface area contributed by atoms with Gasteiger partial charge in [-0.05, 0) is 70.1 Å². The molecule has 3 aliphatic rings. The molecule has 2 saturated heterocycles. The number of aliphatic imine (C=N–C) groups is 1. The lowest BCUT2D eigenvalue weighted by Gasteiger charge is -2.39. The largest absolute Gasteiger partial charge is 0.573 e. The lowest BCUT2D eigenvalue weighted by atomic mass is 9.86. The molecule has 1 spiro atoms. The minimum absolute atomic E-state index is 0.259. The summed E-state index contributed by atoms with van der Waals surface area (Å²) in [5, 5.41) is 7.05. The van der Waals surface area contributed by atoms with Gasteiger partial charge in [0.25, 0.3) is 0 Å². The second-order valence-electron chi connectivity index (χ2n) is 11.1. The summed E-state index contributed by atoms with van der Waals surface area (Å²) in [6, 6.07) is 6.00. The molecule has 1 saturated carbocycles. The average molecular weight is 511 g/mol. The number of carbonyl (C=O) groups excluding carboxylic acids is 1. The van der Waals surface area contributed by atoms with Gasteiger partial charge >= 0.3 is 12.5 Å². The van der Waals surface area contributed by atoms with Crippen LogP contribution in [-0.2, 0) is 4.74 Å². The maximum atomic E-state index is 12.8. The zero-order chi connectivity index (χ0) is 26.0. The number of hydrogen-bond donors (Lipinski definition) is 2. The van der Waals surface area contributed by atoms with Crippen molar-refractivity contribution in [3.8, 4) is 5.75 Å². The van der Waals surface area contributed by atoms with E-state index in [-0.39, 0.29) is 11.8 Å². The van der Waals surface area contributed by atoms with Crippen molar-refractivity contribution in [1.82, 2.24) is 15.5 Å². The molecule has 1 aliphatic carbocycles. The van der Waals surface area contributed by atoms with E-state index in [4.69, 9.17) is 9.73 Å². The van der Waals surface area contributed by atoms with Crippen molar-refractivity contribution in [2.45, 2.75) is 89.4 Å². The van der Waals surface area contributed by atoms with Crippen LogP contribution in [-0.4, -0.2) is 54.0 Å². The van der Waals surface area contributed by atoms with Gasteiger partial charge in [0.05, 0.1) is 5.54 Å². The standard InChI is InChI=1S/C26H37F3N4O3/c1-24(2,3)36-23(34)33-14-12-25(13-15-33)22(30-17-18-8-5-4-6-9-18)31-21(32-25)19-10-7-11-20(16-19)35-26(27,28)29/h7,10-11,16,18,21,32H,4-6,8-9,12-15,17H2,1-3H3,(H,30,31). The van der Waals surface area contributed by atoms with Crippen molar-refractivity contribution in [2.24, 2.45) is 10.9 Å². The Morgan fingerprint density at radius 3 is 2.47 bits per heavy atom. The van der Waals surface area contributed by atoms with Crippen LogP contribution in [0.2, 0.25) is 0 Å². The summed E-state index contributed by atoms with van der Waals surface area (Å²) in [4.78, 5) is 19.3. The monoisotopic (exact) mass is 510 g/mol. The van der Waals surface area contributed by atoms with Crippen molar-refractivity contribution < 1.29 is 27.4 Å². The molecule has 7 nitrogen and oxygen atoms in total. The number of halogens is 3. The highest BCUT2D eigenvalue weighted by Gasteiger charge is 2.47. The molecular weight excluding hydrogens is 473 g/mol. The summed E-state index contributed by atoms with van der Waals surface area (Å²) in [6.07, 6.45) is 1.81. The molecular formula is C26H37F3N4O3. The highest BCUT2D eigenvalue weighted by atomic mass is 19.4. The van der Waals surface area contributed by atoms with Gasteiger partial charge in [-0.2, -0.15) is 0 Å². The van der Waals surface area contributed by atoms with E-state index < -0.39 is 23.7 Å². The number of amides is 1. The van der Waals surface area contributed by atoms with E-state index >= 15 is 0 Å². The normalized spacial score (nSPS) is 24.1. The second kappa shape index (κ2) is 10.5. The molecule has 1 unspecified atom stereocenters. The van der Waals surface area contributed by atoms with Gasteiger partial charge in [-0.15, -0.1) is 13.2 Å². The molecule has 1 amide bonds. The molecule has 0 bridgehead atoms. The Balaban J connectivity index is 1.52. The minimum atomic E-state index is -4.75. The molecule has 200 valence electrons. The van der Waals surface area contributed by atoms with E-state index in [1.807, 2.05) is 20.8 Å². The van der Waals surface area contributed by atoms with E-state index in [2.05, 4.69) is 15.4 Å². The molecule has 10 heteroatoms. The van der Waals surface area contributed by atoms with Crippen molar-refractivity contribution in [2.75, 3.05) is 19.6 Å². The molecule has 4 rings (SSSR count). The van der Waals surface area contributed by atoms with Crippen LogP contribution < -0.4 is 15.4 Å². The Labute approximate surface area is 210 Å². The SMILES string of the molecule is CC(C)(C)OC(=O)N1CCC2(CC1)NC(c1cccc(OC(F)(F)F)c1)NC2=NCC1CCCCC1. The van der Waals surface area contributed by atoms with E-state index in [9.17, 15) is 18.0 Å². The first-order valence-corrected chi connectivity index (χ1v) is 12.9. The van der Waals surface area contributed by atoms with Gasteiger partial charge in [-0.25, -0.2) is 4.79 Å². The van der Waals surface area contributed by atoms with Crippen LogP contribution in [0, 0.1) is 5.92 Å². The number of nitrogens with zero attached hydrogens (tertiary/aromatic N) is 2. The summed E-state index contributed by atoms with van der Waals surface area (Å²) in [5.74, 6) is 1.11. The van der Waals surface area contributed by atoms with Crippen LogP contribution in [0.1, 0.15) is 77.4 Å². The fourth-order valence-electron chi connectivity index (χ4n) is 5.28. The summed E-state index contributed by atoms with van der Waals surface area (Å²) >= 11 is 0. The van der Waals surface area contributed by atoms with Gasteiger partial charge in [0, 0.05) is 19.6 Å². The third-order valence-electron chi connectivity index (χ3n) is 7.08. The zero-order valence-electron chi connectivity index (χ0n) is 21.3. The van der Waals surface area contributed by atoms with Gasteiger partial charge in [-0.3, -0.25) is 10.3 Å². The van der Waals surface area contributed by atoms with Gasteiger partial charge in [0.15, 0.2) is 0 Å². The number of ether oxygens (including phenoxy) is 2. The third-order valence-corrected chi connectivity index (χ3v) is 7.08. The number of alkyl halides is 3. The van der Waals surface area contributed by atoms with E-state index in [0.717, 1.165) is 12.4 Å². The number of rotatable bonds is 4. The number of hydrogen-bond acceptors (Lipinski definition) is 5. The van der Waals surface area contributed by atoms with Crippen molar-refractivity contribution in [1.29, 1.82) is 0 Å². The van der Waals surface area contributed by atoms with Crippen molar-refractivity contribution in [3.05, 3.63) is 29.8 Å². The fraction of sp³-hybridized carbons (Fsp3) is 0.692. The molecule has 0 radical (unpaired) electrons. The number of likely N-dealkylation sites (tertiary alicyclic amines) is 1. The lowest BCUT2D eigenvalue weighted by Crippen LogP contribution is -2.56. The molecule has 2 heterocycles. The fourth-order valence-corrected chi connectivity index (χ4v) is 5.28. The Bertz CT molecular complexity index is 946. The highest BCUT2D eigenvalue weighted by Crippen LogP contribution is 2.34. The first kappa shape index (κ1) is 26.6. The number of carbonyl (C=O) groups is 1. The predicted octanol–water partition coefficient (Wildman–Crippen LogP) is 5.53. The van der Waals surface area contributed by atoms with Crippen molar-refractivity contribution in [3.63, 3.8) is 0 Å². The minimum Gasteiger partial charge on any atom is -0.444 e. The summed E-state index contributed by atoms with van der Waals surface area (Å²) in [6.45, 7) is 7.25.